The molecule has 0 aliphatic heterocycles. The number of carbonyl (C=O) groups is 1. The summed E-state index contributed by atoms with van der Waals surface area (Å²) in [6.45, 7) is 4.17. The fourth-order valence-corrected chi connectivity index (χ4v) is 3.12. The Bertz CT molecular complexity index is 868. The first-order valence-electron chi connectivity index (χ1n) is 9.51. The molecule has 2 rings (SSSR count). The van der Waals surface area contributed by atoms with Crippen molar-refractivity contribution in [3.8, 4) is 22.6 Å². The Morgan fingerprint density at radius 3 is 2.00 bits per heavy atom. The molecule has 0 saturated carbocycles. The second kappa shape index (κ2) is 10.3. The minimum Gasteiger partial charge on any atom is -0.494 e. The van der Waals surface area contributed by atoms with Crippen molar-refractivity contribution in [1.29, 1.82) is 0 Å². The van der Waals surface area contributed by atoms with E-state index in [2.05, 4.69) is 18.6 Å². The molecule has 0 aromatic heterocycles. The maximum absolute atomic E-state index is 14.4. The van der Waals surface area contributed by atoms with Crippen LogP contribution in [0.1, 0.15) is 46.0 Å². The van der Waals surface area contributed by atoms with Gasteiger partial charge in [0.15, 0.2) is 23.1 Å². The number of hydrogen-bond donors (Lipinski definition) is 0. The number of hydrogen-bond acceptors (Lipinski definition) is 3. The van der Waals surface area contributed by atoms with Crippen LogP contribution in [0.4, 0.5) is 17.6 Å². The Hall–Kier alpha value is -2.57. The van der Waals surface area contributed by atoms with E-state index in [0.29, 0.717) is 12.3 Å². The molecule has 29 heavy (non-hydrogen) atoms. The fraction of sp³-hybridized carbons (Fsp3) is 0.409. The minimum atomic E-state index is -1.44. The number of rotatable bonds is 9. The Morgan fingerprint density at radius 1 is 0.897 bits per heavy atom. The summed E-state index contributed by atoms with van der Waals surface area (Å²) in [7, 11) is 1.16. The highest BCUT2D eigenvalue weighted by atomic mass is 19.2. The molecule has 158 valence electrons. The molecular weight excluding hydrogens is 388 g/mol. The number of halogens is 4. The first-order valence-corrected chi connectivity index (χ1v) is 9.51. The van der Waals surface area contributed by atoms with Crippen LogP contribution in [-0.4, -0.2) is 13.1 Å². The van der Waals surface area contributed by atoms with Gasteiger partial charge in [-0.1, -0.05) is 33.1 Å². The first kappa shape index (κ1) is 22.7. The van der Waals surface area contributed by atoms with Gasteiger partial charge in [0, 0.05) is 17.5 Å². The quantitative estimate of drug-likeness (QED) is 0.270. The largest absolute Gasteiger partial charge is 0.494 e. The van der Waals surface area contributed by atoms with Crippen LogP contribution in [0.15, 0.2) is 24.3 Å². The van der Waals surface area contributed by atoms with E-state index >= 15 is 0 Å². The molecule has 0 aliphatic carbocycles. The van der Waals surface area contributed by atoms with E-state index in [1.807, 2.05) is 0 Å². The average Bonchev–Trinajstić information content (AvgIpc) is 2.68. The highest BCUT2D eigenvalue weighted by Gasteiger charge is 2.22. The summed E-state index contributed by atoms with van der Waals surface area (Å²) in [5.41, 5.74) is -0.961. The van der Waals surface area contributed by atoms with Crippen LogP contribution in [-0.2, 0) is 4.79 Å². The summed E-state index contributed by atoms with van der Waals surface area (Å²) < 4.78 is 66.4. The Morgan fingerprint density at radius 2 is 1.45 bits per heavy atom. The molecule has 0 radical (unpaired) electrons. The lowest BCUT2D eigenvalue weighted by Crippen LogP contribution is -2.10. The molecule has 2 aromatic rings. The Labute approximate surface area is 167 Å². The molecule has 1 atom stereocenters. The summed E-state index contributed by atoms with van der Waals surface area (Å²) in [5.74, 6) is -6.70. The molecule has 0 heterocycles. The van der Waals surface area contributed by atoms with E-state index in [1.165, 1.54) is 0 Å². The second-order valence-corrected chi connectivity index (χ2v) is 6.94. The van der Waals surface area contributed by atoms with Gasteiger partial charge in [0.05, 0.1) is 7.11 Å². The van der Waals surface area contributed by atoms with E-state index < -0.39 is 46.1 Å². The standard InChI is InChI=1S/C22H24F4O3/c1-4-6-13(2)7-5-8-18(27)29-17-12-10-15(20(24)22(17)26)14-9-11-16(28-3)21(25)19(14)23/h9-13H,4-8H2,1-3H3. The number of carbonyl (C=O) groups excluding carboxylic acids is 1. The predicted molar refractivity (Wildman–Crippen MR) is 102 cm³/mol. The van der Waals surface area contributed by atoms with E-state index in [1.54, 1.807) is 0 Å². The maximum Gasteiger partial charge on any atom is 0.311 e. The zero-order chi connectivity index (χ0) is 21.6. The lowest BCUT2D eigenvalue weighted by atomic mass is 9.99. The molecule has 0 bridgehead atoms. The van der Waals surface area contributed by atoms with E-state index in [0.717, 1.165) is 50.6 Å². The molecule has 1 unspecified atom stereocenters. The lowest BCUT2D eigenvalue weighted by Gasteiger charge is -2.12. The zero-order valence-corrected chi connectivity index (χ0v) is 16.7. The van der Waals surface area contributed by atoms with Gasteiger partial charge in [-0.05, 0) is 36.6 Å². The second-order valence-electron chi connectivity index (χ2n) is 6.94. The van der Waals surface area contributed by atoms with Crippen molar-refractivity contribution in [3.05, 3.63) is 47.5 Å². The summed E-state index contributed by atoms with van der Waals surface area (Å²) in [6, 6.07) is 4.25. The van der Waals surface area contributed by atoms with Gasteiger partial charge in [-0.25, -0.2) is 8.78 Å². The molecular formula is C22H24F4O3. The van der Waals surface area contributed by atoms with Crippen molar-refractivity contribution >= 4 is 5.97 Å². The molecule has 0 N–H and O–H groups in total. The molecule has 0 spiro atoms. The van der Waals surface area contributed by atoms with E-state index in [4.69, 9.17) is 4.74 Å². The van der Waals surface area contributed by atoms with Crippen molar-refractivity contribution in [2.45, 2.75) is 46.0 Å². The number of methoxy groups -OCH3 is 1. The topological polar surface area (TPSA) is 35.5 Å². The van der Waals surface area contributed by atoms with Gasteiger partial charge in [-0.3, -0.25) is 4.79 Å². The van der Waals surface area contributed by atoms with Gasteiger partial charge in [-0.2, -0.15) is 8.78 Å². The third kappa shape index (κ3) is 5.49. The monoisotopic (exact) mass is 412 g/mol. The maximum atomic E-state index is 14.4. The first-order chi connectivity index (χ1) is 13.8. The molecule has 0 amide bonds. The smallest absolute Gasteiger partial charge is 0.311 e. The number of ether oxygens (including phenoxy) is 2. The van der Waals surface area contributed by atoms with Crippen LogP contribution in [0.2, 0.25) is 0 Å². The van der Waals surface area contributed by atoms with E-state index in [-0.39, 0.29) is 12.2 Å². The van der Waals surface area contributed by atoms with Crippen molar-refractivity contribution < 1.29 is 31.8 Å². The van der Waals surface area contributed by atoms with Crippen LogP contribution >= 0.6 is 0 Å². The molecule has 0 fully saturated rings. The average molecular weight is 412 g/mol. The Kier molecular flexibility index (Phi) is 8.05. The van der Waals surface area contributed by atoms with Gasteiger partial charge >= 0.3 is 5.97 Å². The van der Waals surface area contributed by atoms with Crippen molar-refractivity contribution in [2.75, 3.05) is 7.11 Å². The van der Waals surface area contributed by atoms with Crippen LogP contribution in [0.5, 0.6) is 11.5 Å². The summed E-state index contributed by atoms with van der Waals surface area (Å²) >= 11 is 0. The Balaban J connectivity index is 2.14. The minimum absolute atomic E-state index is 0.0786. The van der Waals surface area contributed by atoms with Crippen LogP contribution < -0.4 is 9.47 Å². The van der Waals surface area contributed by atoms with Gasteiger partial charge in [0.25, 0.3) is 0 Å². The highest BCUT2D eigenvalue weighted by molar-refractivity contribution is 5.73. The van der Waals surface area contributed by atoms with Gasteiger partial charge < -0.3 is 9.47 Å². The number of benzene rings is 2. The van der Waals surface area contributed by atoms with Crippen LogP contribution in [0, 0.1) is 29.2 Å². The van der Waals surface area contributed by atoms with Crippen LogP contribution in [0.3, 0.4) is 0 Å². The van der Waals surface area contributed by atoms with Gasteiger partial charge in [0.2, 0.25) is 11.6 Å². The van der Waals surface area contributed by atoms with E-state index in [9.17, 15) is 22.4 Å². The third-order valence-electron chi connectivity index (χ3n) is 4.69. The van der Waals surface area contributed by atoms with Crippen molar-refractivity contribution in [1.82, 2.24) is 0 Å². The van der Waals surface area contributed by atoms with Crippen molar-refractivity contribution in [3.63, 3.8) is 0 Å². The van der Waals surface area contributed by atoms with Crippen LogP contribution in [0.25, 0.3) is 11.1 Å². The normalized spacial score (nSPS) is 12.0. The third-order valence-corrected chi connectivity index (χ3v) is 4.69. The molecule has 3 nitrogen and oxygen atoms in total. The van der Waals surface area contributed by atoms with Gasteiger partial charge in [-0.15, -0.1) is 0 Å². The molecule has 0 aliphatic rings. The number of esters is 1. The highest BCUT2D eigenvalue weighted by Crippen LogP contribution is 2.34. The SMILES string of the molecule is CCCC(C)CCCC(=O)Oc1ccc(-c2ccc(OC)c(F)c2F)c(F)c1F. The summed E-state index contributed by atoms with van der Waals surface area (Å²) in [6.07, 6.45) is 3.61. The molecule has 7 heteroatoms. The van der Waals surface area contributed by atoms with Gasteiger partial charge in [0.1, 0.15) is 0 Å². The summed E-state index contributed by atoms with van der Waals surface area (Å²) in [5, 5.41) is 0. The fourth-order valence-electron chi connectivity index (χ4n) is 3.12. The molecule has 0 saturated heterocycles. The predicted octanol–water partition coefficient (Wildman–Crippen LogP) is 6.43. The molecule has 2 aromatic carbocycles. The summed E-state index contributed by atoms with van der Waals surface area (Å²) in [4.78, 5) is 11.9. The lowest BCUT2D eigenvalue weighted by molar-refractivity contribution is -0.134. The van der Waals surface area contributed by atoms with Crippen molar-refractivity contribution in [2.24, 2.45) is 5.92 Å². The zero-order valence-electron chi connectivity index (χ0n) is 16.7.